The number of carbonyl (C=O) groups excluding carboxylic acids is 1. The molecule has 0 aromatic heterocycles. The van der Waals surface area contributed by atoms with Gasteiger partial charge in [0.2, 0.25) is 0 Å². The number of halogens is 1. The molecule has 0 aliphatic heterocycles. The molecule has 1 rings (SSSR count). The van der Waals surface area contributed by atoms with Crippen LogP contribution in [0.5, 0.6) is 0 Å². The summed E-state index contributed by atoms with van der Waals surface area (Å²) in [7, 11) is 0. The molecule has 0 spiro atoms. The number of thiol groups is 1. The number of unbranched alkanes of at least 4 members (excludes halogenated alkanes) is 1. The zero-order chi connectivity index (χ0) is 12.0. The van der Waals surface area contributed by atoms with E-state index in [1.54, 1.807) is 0 Å². The molecule has 1 aromatic rings. The topological polar surface area (TPSA) is 41.1 Å². The SMILES string of the molecule is CCCCNC(=O)Nc1ccc(Br)cc1S. The fraction of sp³-hybridized carbons (Fsp3) is 0.364. The minimum absolute atomic E-state index is 0.189. The Morgan fingerprint density at radius 3 is 2.88 bits per heavy atom. The molecule has 0 aliphatic carbocycles. The molecule has 1 aromatic carbocycles. The number of anilines is 1. The predicted molar refractivity (Wildman–Crippen MR) is 73.3 cm³/mol. The fourth-order valence-corrected chi connectivity index (χ4v) is 1.96. The van der Waals surface area contributed by atoms with Gasteiger partial charge in [0.05, 0.1) is 5.69 Å². The van der Waals surface area contributed by atoms with Crippen molar-refractivity contribution in [2.45, 2.75) is 24.7 Å². The molecule has 0 fully saturated rings. The van der Waals surface area contributed by atoms with E-state index in [4.69, 9.17) is 0 Å². The minimum atomic E-state index is -0.189. The van der Waals surface area contributed by atoms with Gasteiger partial charge in [-0.05, 0) is 24.6 Å². The molecular formula is C11H15BrN2OS. The lowest BCUT2D eigenvalue weighted by atomic mass is 10.3. The first-order chi connectivity index (χ1) is 7.63. The third-order valence-corrected chi connectivity index (χ3v) is 2.89. The first-order valence-electron chi connectivity index (χ1n) is 5.17. The fourth-order valence-electron chi connectivity index (χ4n) is 1.16. The van der Waals surface area contributed by atoms with Crippen molar-refractivity contribution >= 4 is 40.3 Å². The van der Waals surface area contributed by atoms with Crippen LogP contribution in [0.1, 0.15) is 19.8 Å². The van der Waals surface area contributed by atoms with Gasteiger partial charge in [0.25, 0.3) is 0 Å². The van der Waals surface area contributed by atoms with Gasteiger partial charge in [0.1, 0.15) is 0 Å². The maximum atomic E-state index is 11.5. The maximum absolute atomic E-state index is 11.5. The van der Waals surface area contributed by atoms with Gasteiger partial charge in [-0.3, -0.25) is 0 Å². The summed E-state index contributed by atoms with van der Waals surface area (Å²) in [5.74, 6) is 0. The summed E-state index contributed by atoms with van der Waals surface area (Å²) in [6.07, 6.45) is 2.05. The van der Waals surface area contributed by atoms with Gasteiger partial charge in [-0.1, -0.05) is 29.3 Å². The Labute approximate surface area is 110 Å². The molecule has 0 saturated carbocycles. The van der Waals surface area contributed by atoms with E-state index in [0.717, 1.165) is 22.2 Å². The molecular weight excluding hydrogens is 288 g/mol. The molecule has 88 valence electrons. The van der Waals surface area contributed by atoms with Crippen molar-refractivity contribution < 1.29 is 4.79 Å². The minimum Gasteiger partial charge on any atom is -0.338 e. The molecule has 0 heterocycles. The zero-order valence-electron chi connectivity index (χ0n) is 9.09. The number of amides is 2. The molecule has 2 N–H and O–H groups in total. The summed E-state index contributed by atoms with van der Waals surface area (Å²) in [5, 5.41) is 5.53. The van der Waals surface area contributed by atoms with E-state index in [2.05, 4.69) is 46.1 Å². The van der Waals surface area contributed by atoms with Gasteiger partial charge in [0.15, 0.2) is 0 Å². The Morgan fingerprint density at radius 1 is 1.50 bits per heavy atom. The Bertz CT molecular complexity index is 371. The molecule has 0 radical (unpaired) electrons. The first kappa shape index (κ1) is 13.4. The second-order valence-electron chi connectivity index (χ2n) is 3.40. The van der Waals surface area contributed by atoms with Crippen LogP contribution in [0.3, 0.4) is 0 Å². The van der Waals surface area contributed by atoms with Crippen LogP contribution in [-0.4, -0.2) is 12.6 Å². The van der Waals surface area contributed by atoms with Crippen molar-refractivity contribution in [3.8, 4) is 0 Å². The summed E-state index contributed by atoms with van der Waals surface area (Å²) in [6.45, 7) is 2.78. The molecule has 0 aliphatic rings. The lowest BCUT2D eigenvalue weighted by Gasteiger charge is -2.09. The van der Waals surface area contributed by atoms with E-state index in [0.29, 0.717) is 12.2 Å². The molecule has 2 amide bonds. The Morgan fingerprint density at radius 2 is 2.25 bits per heavy atom. The van der Waals surface area contributed by atoms with Crippen molar-refractivity contribution in [3.05, 3.63) is 22.7 Å². The van der Waals surface area contributed by atoms with Gasteiger partial charge in [-0.2, -0.15) is 0 Å². The summed E-state index contributed by atoms with van der Waals surface area (Å²) < 4.78 is 0.939. The number of rotatable bonds is 4. The Kier molecular flexibility index (Phi) is 5.69. The number of nitrogens with one attached hydrogen (secondary N) is 2. The van der Waals surface area contributed by atoms with Crippen LogP contribution in [0.4, 0.5) is 10.5 Å². The van der Waals surface area contributed by atoms with Crippen LogP contribution in [0.25, 0.3) is 0 Å². The summed E-state index contributed by atoms with van der Waals surface area (Å²) in [5.41, 5.74) is 0.709. The Balaban J connectivity index is 2.49. The third kappa shape index (κ3) is 4.45. The van der Waals surface area contributed by atoms with Crippen molar-refractivity contribution in [2.24, 2.45) is 0 Å². The van der Waals surface area contributed by atoms with Gasteiger partial charge in [-0.15, -0.1) is 12.6 Å². The molecule has 5 heteroatoms. The van der Waals surface area contributed by atoms with Crippen molar-refractivity contribution in [1.29, 1.82) is 0 Å². The Hall–Kier alpha value is -0.680. The van der Waals surface area contributed by atoms with Crippen LogP contribution < -0.4 is 10.6 Å². The van der Waals surface area contributed by atoms with Crippen molar-refractivity contribution in [2.75, 3.05) is 11.9 Å². The second-order valence-corrected chi connectivity index (χ2v) is 4.79. The van der Waals surface area contributed by atoms with E-state index in [-0.39, 0.29) is 6.03 Å². The monoisotopic (exact) mass is 302 g/mol. The lowest BCUT2D eigenvalue weighted by Crippen LogP contribution is -2.29. The van der Waals surface area contributed by atoms with E-state index >= 15 is 0 Å². The van der Waals surface area contributed by atoms with E-state index < -0.39 is 0 Å². The van der Waals surface area contributed by atoms with E-state index in [1.165, 1.54) is 0 Å². The summed E-state index contributed by atoms with van der Waals surface area (Å²) in [4.78, 5) is 12.2. The predicted octanol–water partition coefficient (Wildman–Crippen LogP) is 3.66. The molecule has 3 nitrogen and oxygen atoms in total. The average molecular weight is 303 g/mol. The van der Waals surface area contributed by atoms with E-state index in [1.807, 2.05) is 18.2 Å². The van der Waals surface area contributed by atoms with Gasteiger partial charge in [0, 0.05) is 15.9 Å². The number of hydrogen-bond acceptors (Lipinski definition) is 2. The molecule has 0 atom stereocenters. The van der Waals surface area contributed by atoms with Crippen molar-refractivity contribution in [3.63, 3.8) is 0 Å². The quantitative estimate of drug-likeness (QED) is 0.576. The van der Waals surface area contributed by atoms with Gasteiger partial charge in [-0.25, -0.2) is 4.79 Å². The molecule has 16 heavy (non-hydrogen) atoms. The highest BCUT2D eigenvalue weighted by molar-refractivity contribution is 9.10. The number of carbonyl (C=O) groups is 1. The van der Waals surface area contributed by atoms with E-state index in [9.17, 15) is 4.79 Å². The van der Waals surface area contributed by atoms with Crippen LogP contribution in [0.2, 0.25) is 0 Å². The van der Waals surface area contributed by atoms with Crippen molar-refractivity contribution in [1.82, 2.24) is 5.32 Å². The largest absolute Gasteiger partial charge is 0.338 e. The molecule has 0 saturated heterocycles. The highest BCUT2D eigenvalue weighted by Crippen LogP contribution is 2.23. The molecule has 0 bridgehead atoms. The van der Waals surface area contributed by atoms with Gasteiger partial charge >= 0.3 is 6.03 Å². The summed E-state index contributed by atoms with van der Waals surface area (Å²) >= 11 is 7.62. The zero-order valence-corrected chi connectivity index (χ0v) is 11.6. The van der Waals surface area contributed by atoms with Crippen LogP contribution in [0.15, 0.2) is 27.6 Å². The van der Waals surface area contributed by atoms with Crippen LogP contribution >= 0.6 is 28.6 Å². The highest BCUT2D eigenvalue weighted by atomic mass is 79.9. The number of hydrogen-bond donors (Lipinski definition) is 3. The lowest BCUT2D eigenvalue weighted by molar-refractivity contribution is 0.252. The van der Waals surface area contributed by atoms with Crippen LogP contribution in [-0.2, 0) is 0 Å². The second kappa shape index (κ2) is 6.81. The third-order valence-electron chi connectivity index (χ3n) is 2.02. The standard InChI is InChI=1S/C11H15BrN2OS/c1-2-3-6-13-11(15)14-9-5-4-8(12)7-10(9)16/h4-5,7,16H,2-3,6H2,1H3,(H2,13,14,15). The first-order valence-corrected chi connectivity index (χ1v) is 6.41. The number of urea groups is 1. The summed E-state index contributed by atoms with van der Waals surface area (Å²) in [6, 6.07) is 5.32. The average Bonchev–Trinajstić information content (AvgIpc) is 2.23. The van der Waals surface area contributed by atoms with Crippen LogP contribution in [0, 0.1) is 0 Å². The molecule has 0 unspecified atom stereocenters. The van der Waals surface area contributed by atoms with Gasteiger partial charge < -0.3 is 10.6 Å². The highest BCUT2D eigenvalue weighted by Gasteiger charge is 2.04. The smallest absolute Gasteiger partial charge is 0.319 e. The number of benzene rings is 1. The maximum Gasteiger partial charge on any atom is 0.319 e. The normalized spacial score (nSPS) is 9.94.